The topological polar surface area (TPSA) is 40.5 Å². The van der Waals surface area contributed by atoms with E-state index in [1.165, 1.54) is 0 Å². The molecule has 0 bridgehead atoms. The zero-order valence-electron chi connectivity index (χ0n) is 16.1. The fourth-order valence-corrected chi connectivity index (χ4v) is 2.01. The summed E-state index contributed by atoms with van der Waals surface area (Å²) in [6, 6.07) is 0. The fourth-order valence-electron chi connectivity index (χ4n) is 2.01. The van der Waals surface area contributed by atoms with E-state index in [1.54, 1.807) is 19.1 Å². The van der Waals surface area contributed by atoms with E-state index >= 15 is 0 Å². The summed E-state index contributed by atoms with van der Waals surface area (Å²) in [5.74, 6) is 0. The van der Waals surface area contributed by atoms with Crippen LogP contribution in [-0.2, 0) is 0 Å². The first kappa shape index (κ1) is 23.4. The van der Waals surface area contributed by atoms with Gasteiger partial charge in [-0.25, -0.2) is 0 Å². The van der Waals surface area contributed by atoms with Gasteiger partial charge in [0.25, 0.3) is 0 Å². The molecule has 25 heavy (non-hydrogen) atoms. The third kappa shape index (κ3) is 17.0. The predicted octanol–water partition coefficient (Wildman–Crippen LogP) is 5.82. The van der Waals surface area contributed by atoms with Gasteiger partial charge in [-0.1, -0.05) is 93.2 Å². The van der Waals surface area contributed by atoms with Crippen LogP contribution in [0.3, 0.4) is 0 Å². The summed E-state index contributed by atoms with van der Waals surface area (Å²) in [6.07, 6.45) is 28.4. The first-order valence-corrected chi connectivity index (χ1v) is 9.40. The maximum atomic E-state index is 10.2. The molecule has 0 heterocycles. The lowest BCUT2D eigenvalue weighted by Crippen LogP contribution is -2.18. The van der Waals surface area contributed by atoms with E-state index in [0.717, 1.165) is 25.7 Å². The maximum absolute atomic E-state index is 10.2. The van der Waals surface area contributed by atoms with E-state index < -0.39 is 11.7 Å². The Morgan fingerprint density at radius 3 is 2.32 bits per heavy atom. The average Bonchev–Trinajstić information content (AvgIpc) is 2.58. The zero-order chi connectivity index (χ0) is 18.8. The van der Waals surface area contributed by atoms with Crippen LogP contribution in [0.4, 0.5) is 0 Å². The van der Waals surface area contributed by atoms with E-state index in [1.807, 2.05) is 36.5 Å². The van der Waals surface area contributed by atoms with E-state index in [9.17, 15) is 10.2 Å². The molecule has 0 rings (SSSR count). The van der Waals surface area contributed by atoms with Crippen molar-refractivity contribution in [1.82, 2.24) is 0 Å². The van der Waals surface area contributed by atoms with Gasteiger partial charge in [0.1, 0.15) is 0 Å². The second kappa shape index (κ2) is 15.9. The molecule has 2 N–H and O–H groups in total. The number of hydrogen-bond donors (Lipinski definition) is 2. The summed E-state index contributed by atoms with van der Waals surface area (Å²) in [7, 11) is 0. The Morgan fingerprint density at radius 1 is 0.880 bits per heavy atom. The van der Waals surface area contributed by atoms with Gasteiger partial charge in [0.05, 0.1) is 11.7 Å². The van der Waals surface area contributed by atoms with Gasteiger partial charge >= 0.3 is 0 Å². The lowest BCUT2D eigenvalue weighted by atomic mass is 10.0. The second-order valence-electron chi connectivity index (χ2n) is 6.34. The molecule has 0 amide bonds. The van der Waals surface area contributed by atoms with Crippen LogP contribution in [0.25, 0.3) is 0 Å². The summed E-state index contributed by atoms with van der Waals surface area (Å²) < 4.78 is 0. The molecule has 2 atom stereocenters. The molecule has 0 aromatic carbocycles. The van der Waals surface area contributed by atoms with Gasteiger partial charge in [-0.15, -0.1) is 0 Å². The summed E-state index contributed by atoms with van der Waals surface area (Å²) in [6.45, 7) is 6.05. The van der Waals surface area contributed by atoms with Gasteiger partial charge in [0.2, 0.25) is 0 Å². The highest BCUT2D eigenvalue weighted by Crippen LogP contribution is 2.12. The average molecular weight is 345 g/mol. The number of unbranched alkanes of at least 4 members (excludes halogenated alkanes) is 1. The van der Waals surface area contributed by atoms with Crippen molar-refractivity contribution in [3.8, 4) is 0 Å². The van der Waals surface area contributed by atoms with Crippen molar-refractivity contribution >= 4 is 0 Å². The van der Waals surface area contributed by atoms with Gasteiger partial charge in [-0.2, -0.15) is 0 Å². The maximum Gasteiger partial charge on any atom is 0.0836 e. The highest BCUT2D eigenvalue weighted by molar-refractivity contribution is 5.16. The van der Waals surface area contributed by atoms with Crippen molar-refractivity contribution in [1.29, 1.82) is 0 Å². The van der Waals surface area contributed by atoms with Crippen molar-refractivity contribution in [2.24, 2.45) is 0 Å². The lowest BCUT2D eigenvalue weighted by Gasteiger charge is -2.15. The van der Waals surface area contributed by atoms with Gasteiger partial charge in [0.15, 0.2) is 0 Å². The van der Waals surface area contributed by atoms with Crippen LogP contribution >= 0.6 is 0 Å². The van der Waals surface area contributed by atoms with Crippen molar-refractivity contribution in [2.45, 2.75) is 71.0 Å². The Morgan fingerprint density at radius 2 is 1.60 bits per heavy atom. The number of hydrogen-bond acceptors (Lipinski definition) is 2. The SMILES string of the molecule is CC/C=C\C/C=C\CC(C)(O)\C=C/C=C/C=C/[C@@H](O)C/C=C\CCC. The Hall–Kier alpha value is -1.64. The van der Waals surface area contributed by atoms with E-state index in [2.05, 4.69) is 38.2 Å². The molecule has 0 aliphatic heterocycles. The quantitative estimate of drug-likeness (QED) is 0.327. The van der Waals surface area contributed by atoms with Crippen LogP contribution in [0.5, 0.6) is 0 Å². The zero-order valence-corrected chi connectivity index (χ0v) is 16.1. The van der Waals surface area contributed by atoms with Crippen molar-refractivity contribution < 1.29 is 10.2 Å². The number of aliphatic hydroxyl groups is 2. The normalized spacial score (nSPS) is 17.2. The monoisotopic (exact) mass is 344 g/mol. The van der Waals surface area contributed by atoms with Crippen molar-refractivity contribution in [3.63, 3.8) is 0 Å². The highest BCUT2D eigenvalue weighted by atomic mass is 16.3. The molecule has 0 fully saturated rings. The van der Waals surface area contributed by atoms with Crippen LogP contribution in [0.1, 0.15) is 59.3 Å². The number of rotatable bonds is 13. The molecular formula is C23H36O2. The second-order valence-corrected chi connectivity index (χ2v) is 6.34. The predicted molar refractivity (Wildman–Crippen MR) is 111 cm³/mol. The Bertz CT molecular complexity index is 476. The van der Waals surface area contributed by atoms with Gasteiger partial charge < -0.3 is 10.2 Å². The van der Waals surface area contributed by atoms with Crippen molar-refractivity contribution in [3.05, 3.63) is 72.9 Å². The highest BCUT2D eigenvalue weighted by Gasteiger charge is 2.12. The van der Waals surface area contributed by atoms with E-state index in [4.69, 9.17) is 0 Å². The molecule has 0 aromatic rings. The Balaban J connectivity index is 4.11. The molecule has 0 saturated heterocycles. The summed E-state index contributed by atoms with van der Waals surface area (Å²) in [4.78, 5) is 0. The first-order chi connectivity index (χ1) is 12.0. The smallest absolute Gasteiger partial charge is 0.0836 e. The molecular weight excluding hydrogens is 308 g/mol. The van der Waals surface area contributed by atoms with Crippen molar-refractivity contribution in [2.75, 3.05) is 0 Å². The minimum atomic E-state index is -0.845. The molecule has 140 valence electrons. The van der Waals surface area contributed by atoms with Crippen LogP contribution in [0.2, 0.25) is 0 Å². The molecule has 1 unspecified atom stereocenters. The molecule has 2 heteroatoms. The summed E-state index contributed by atoms with van der Waals surface area (Å²) in [5.41, 5.74) is -0.845. The fraction of sp³-hybridized carbons (Fsp3) is 0.478. The lowest BCUT2D eigenvalue weighted by molar-refractivity contribution is 0.115. The molecule has 0 aliphatic carbocycles. The van der Waals surface area contributed by atoms with Crippen LogP contribution in [-0.4, -0.2) is 21.9 Å². The number of allylic oxidation sites excluding steroid dienone is 8. The Kier molecular flexibility index (Phi) is 14.8. The first-order valence-electron chi connectivity index (χ1n) is 9.40. The minimum Gasteiger partial charge on any atom is -0.389 e. The van der Waals surface area contributed by atoms with Gasteiger partial charge in [-0.05, 0) is 39.0 Å². The molecule has 0 radical (unpaired) electrons. The molecule has 0 aromatic heterocycles. The standard InChI is InChI=1S/C23H36O2/c1-4-6-8-10-12-16-20-23(3,25)21-17-13-11-15-19-22(24)18-14-9-7-5-2/h6,8-9,11-17,19,21-22,24-25H,4-5,7,10,18,20H2,1-3H3/b8-6-,13-11+,14-9-,16-12-,19-15+,21-17-/t22-,23?/m0/s1. The molecule has 0 saturated carbocycles. The van der Waals surface area contributed by atoms with Crippen LogP contribution in [0, 0.1) is 0 Å². The van der Waals surface area contributed by atoms with Crippen LogP contribution in [0.15, 0.2) is 72.9 Å². The number of aliphatic hydroxyl groups excluding tert-OH is 1. The minimum absolute atomic E-state index is 0.447. The van der Waals surface area contributed by atoms with Crippen LogP contribution < -0.4 is 0 Å². The largest absolute Gasteiger partial charge is 0.389 e. The summed E-state index contributed by atoms with van der Waals surface area (Å²) in [5, 5.41) is 20.0. The Labute approximate surface area is 154 Å². The third-order valence-corrected chi connectivity index (χ3v) is 3.49. The molecule has 0 spiro atoms. The van der Waals surface area contributed by atoms with E-state index in [0.29, 0.717) is 12.8 Å². The molecule has 0 aliphatic rings. The van der Waals surface area contributed by atoms with Gasteiger partial charge in [-0.3, -0.25) is 0 Å². The summed E-state index contributed by atoms with van der Waals surface area (Å²) >= 11 is 0. The van der Waals surface area contributed by atoms with E-state index in [-0.39, 0.29) is 0 Å². The van der Waals surface area contributed by atoms with Gasteiger partial charge in [0, 0.05) is 0 Å². The third-order valence-electron chi connectivity index (χ3n) is 3.49. The molecule has 2 nitrogen and oxygen atoms in total.